The van der Waals surface area contributed by atoms with Gasteiger partial charge in [-0.05, 0) is 288 Å². The van der Waals surface area contributed by atoms with Crippen molar-refractivity contribution in [3.05, 3.63) is 280 Å². The van der Waals surface area contributed by atoms with Crippen LogP contribution < -0.4 is 26.2 Å². The van der Waals surface area contributed by atoms with E-state index in [0.29, 0.717) is 0 Å². The monoisotopic (exact) mass is 1530 g/mol. The summed E-state index contributed by atoms with van der Waals surface area (Å²) in [5, 5.41) is 5.09. The van der Waals surface area contributed by atoms with Gasteiger partial charge in [0, 0.05) is 61.4 Å². The Hall–Kier alpha value is -10.1. The third-order valence-corrected chi connectivity index (χ3v) is 28.2. The van der Waals surface area contributed by atoms with Crippen LogP contribution in [0.4, 0.5) is 34.1 Å². The van der Waals surface area contributed by atoms with E-state index >= 15 is 0 Å². The summed E-state index contributed by atoms with van der Waals surface area (Å²) >= 11 is 0. The van der Waals surface area contributed by atoms with E-state index in [1.165, 1.54) is 180 Å². The SMILES string of the molecule is CC(C)(C)c1cc(-c2ccc3c(c2)B2c4ccc(-n5c6ccc(C(C)(C)C)cc6c6cc(C(C)(C)C)ccc65)cc4N(c4ccc(-c5ccc6c(c5)C(C)(C)CCC6(C)C)cc4)c4cc(-n5c6ccc(C(C)(C)C)cc6c6cc(C(C)(C)C)ccc65)cc(c42)N3c2ccc(-c3ccc4c(c3)C(C)(C)CCC4(C)C)cc2)cc(C(C)(C)C)c1. The first-order valence-electron chi connectivity index (χ1n) is 43.6. The van der Waals surface area contributed by atoms with Crippen molar-refractivity contribution in [2.45, 2.75) is 260 Å². The van der Waals surface area contributed by atoms with Crippen LogP contribution in [-0.4, -0.2) is 15.8 Å². The number of hydrogen-bond acceptors (Lipinski definition) is 2. The quantitative estimate of drug-likeness (QED) is 0.148. The van der Waals surface area contributed by atoms with E-state index in [1.54, 1.807) is 0 Å². The van der Waals surface area contributed by atoms with Crippen molar-refractivity contribution in [2.75, 3.05) is 9.80 Å². The van der Waals surface area contributed by atoms with Crippen LogP contribution in [0.25, 0.3) is 88.4 Å². The summed E-state index contributed by atoms with van der Waals surface area (Å²) in [4.78, 5) is 5.34. The van der Waals surface area contributed by atoms with Crippen molar-refractivity contribution < 1.29 is 0 Å². The van der Waals surface area contributed by atoms with E-state index in [2.05, 4.69) is 423 Å². The van der Waals surface area contributed by atoms with Crippen LogP contribution in [0.5, 0.6) is 0 Å². The maximum absolute atomic E-state index is 2.68. The van der Waals surface area contributed by atoms with Gasteiger partial charge >= 0.3 is 0 Å². The van der Waals surface area contributed by atoms with Crippen molar-refractivity contribution in [3.63, 3.8) is 0 Å². The Bertz CT molecular complexity index is 6250. The van der Waals surface area contributed by atoms with Gasteiger partial charge in [-0.1, -0.05) is 301 Å². The molecule has 0 fully saturated rings. The summed E-state index contributed by atoms with van der Waals surface area (Å²) < 4.78 is 5.20. The molecule has 12 aromatic carbocycles. The Morgan fingerprint density at radius 1 is 0.231 bits per heavy atom. The van der Waals surface area contributed by atoms with Crippen molar-refractivity contribution in [2.24, 2.45) is 0 Å². The minimum Gasteiger partial charge on any atom is -0.311 e. The molecule has 0 amide bonds. The fourth-order valence-electron chi connectivity index (χ4n) is 20.2. The van der Waals surface area contributed by atoms with Gasteiger partial charge in [-0.2, -0.15) is 0 Å². The zero-order chi connectivity index (χ0) is 83.1. The van der Waals surface area contributed by atoms with Crippen LogP contribution in [0.2, 0.25) is 0 Å². The molecular formula is C112H123BN4. The smallest absolute Gasteiger partial charge is 0.252 e. The average molecular weight is 1540 g/mol. The van der Waals surface area contributed by atoms with Crippen LogP contribution in [-0.2, 0) is 54.1 Å². The number of fused-ring (bicyclic) bond motifs is 12. The van der Waals surface area contributed by atoms with E-state index in [1.807, 2.05) is 0 Å². The number of rotatable bonds is 7. The molecule has 117 heavy (non-hydrogen) atoms. The van der Waals surface area contributed by atoms with Gasteiger partial charge in [0.05, 0.1) is 27.8 Å². The van der Waals surface area contributed by atoms with E-state index in [-0.39, 0.29) is 60.9 Å². The molecule has 2 aliphatic carbocycles. The molecule has 0 saturated heterocycles. The molecule has 14 aromatic rings. The van der Waals surface area contributed by atoms with Gasteiger partial charge in [-0.25, -0.2) is 0 Å². The van der Waals surface area contributed by atoms with E-state index in [4.69, 9.17) is 0 Å². The highest BCUT2D eigenvalue weighted by molar-refractivity contribution is 7.00. The lowest BCUT2D eigenvalue weighted by molar-refractivity contribution is 0.332. The molecule has 4 nitrogen and oxygen atoms in total. The number of anilines is 6. The fourth-order valence-corrected chi connectivity index (χ4v) is 20.2. The Labute approximate surface area is 699 Å². The molecular weight excluding hydrogens is 1410 g/mol. The van der Waals surface area contributed by atoms with Crippen LogP contribution in [0.15, 0.2) is 224 Å². The summed E-state index contributed by atoms with van der Waals surface area (Å²) in [6.45, 7) is 61.8. The molecule has 4 aliphatic rings. The van der Waals surface area contributed by atoms with Gasteiger partial charge in [0.25, 0.3) is 6.71 Å². The normalized spacial score (nSPS) is 16.4. The van der Waals surface area contributed by atoms with Gasteiger partial charge < -0.3 is 18.9 Å². The fraction of sp³-hybridized carbons (Fsp3) is 0.357. The van der Waals surface area contributed by atoms with Gasteiger partial charge in [-0.3, -0.25) is 0 Å². The predicted octanol–water partition coefficient (Wildman–Crippen LogP) is 29.4. The van der Waals surface area contributed by atoms with Crippen LogP contribution in [0, 0.1) is 0 Å². The standard InChI is InChI=1S/C112H123BN4/c1-103(2,3)74-34-47-94-84(61-74)85-62-75(104(4,5)6)35-48-95(85)116(94)82-42-45-92-99(65-82)115(81-40-29-69(30-41-81)71-32-44-89-91(58-71)112(25,26)54-52-110(89,21)22)101-67-83(117-96-49-36-76(105(7,8)9)63-86(96)87-64-77(106(10,11)12)37-50-97(87)117)66-100-102(101)113(92)93-59-72(73-55-78(107(13,14)15)60-79(56-73)108(16,17)18)33-46-98(93)114(100)80-38-27-68(28-39-80)70-31-43-88-90(57-70)111(23,24)53-51-109(88,19)20/h27-50,55-67H,51-54H2,1-26H3. The van der Waals surface area contributed by atoms with Crippen LogP contribution >= 0.6 is 0 Å². The van der Waals surface area contributed by atoms with Gasteiger partial charge in [-0.15, -0.1) is 0 Å². The summed E-state index contributed by atoms with van der Waals surface area (Å²) in [6, 6.07) is 91.1. The topological polar surface area (TPSA) is 16.3 Å². The van der Waals surface area contributed by atoms with Gasteiger partial charge in [0.1, 0.15) is 0 Å². The maximum Gasteiger partial charge on any atom is 0.252 e. The van der Waals surface area contributed by atoms with Crippen molar-refractivity contribution >= 4 is 101 Å². The maximum atomic E-state index is 2.68. The molecule has 2 aromatic heterocycles. The first-order valence-corrected chi connectivity index (χ1v) is 43.6. The van der Waals surface area contributed by atoms with Gasteiger partial charge in [0.2, 0.25) is 0 Å². The third kappa shape index (κ3) is 13.1. The first-order chi connectivity index (χ1) is 54.7. The number of nitrogens with zero attached hydrogens (tertiary/aromatic N) is 4. The van der Waals surface area contributed by atoms with E-state index in [0.717, 1.165) is 40.5 Å². The molecule has 4 heterocycles. The Balaban J connectivity index is 0.957. The van der Waals surface area contributed by atoms with E-state index in [9.17, 15) is 0 Å². The van der Waals surface area contributed by atoms with Gasteiger partial charge in [0.15, 0.2) is 0 Å². The third-order valence-electron chi connectivity index (χ3n) is 28.2. The average Bonchev–Trinajstić information content (AvgIpc) is 1.41. The summed E-state index contributed by atoms with van der Waals surface area (Å²) in [6.07, 6.45) is 4.69. The number of aromatic nitrogens is 2. The molecule has 594 valence electrons. The zero-order valence-corrected chi connectivity index (χ0v) is 75.1. The Morgan fingerprint density at radius 2 is 0.547 bits per heavy atom. The van der Waals surface area contributed by atoms with Crippen LogP contribution in [0.1, 0.15) is 261 Å². The van der Waals surface area contributed by atoms with Crippen molar-refractivity contribution in [1.82, 2.24) is 9.13 Å². The molecule has 5 heteroatoms. The second kappa shape index (κ2) is 26.2. The molecule has 0 unspecified atom stereocenters. The molecule has 0 saturated carbocycles. The highest BCUT2D eigenvalue weighted by atomic mass is 15.2. The lowest BCUT2D eigenvalue weighted by Crippen LogP contribution is -2.61. The largest absolute Gasteiger partial charge is 0.311 e. The molecule has 0 atom stereocenters. The second-order valence-electron chi connectivity index (χ2n) is 44.6. The summed E-state index contributed by atoms with van der Waals surface area (Å²) in [5.41, 5.74) is 39.0. The lowest BCUT2D eigenvalue weighted by Gasteiger charge is -2.45. The predicted molar refractivity (Wildman–Crippen MR) is 508 cm³/mol. The summed E-state index contributed by atoms with van der Waals surface area (Å²) in [7, 11) is 0. The van der Waals surface area contributed by atoms with E-state index < -0.39 is 0 Å². The number of benzene rings is 12. The molecule has 2 aliphatic heterocycles. The zero-order valence-electron chi connectivity index (χ0n) is 75.1. The Morgan fingerprint density at radius 3 is 0.923 bits per heavy atom. The van der Waals surface area contributed by atoms with Crippen molar-refractivity contribution in [3.8, 4) is 44.8 Å². The minimum atomic E-state index is -0.211. The van der Waals surface area contributed by atoms with Crippen LogP contribution in [0.3, 0.4) is 0 Å². The molecule has 0 radical (unpaired) electrons. The molecule has 0 bridgehead atoms. The minimum absolute atomic E-state index is 0.0503. The molecule has 18 rings (SSSR count). The number of hydrogen-bond donors (Lipinski definition) is 0. The highest BCUT2D eigenvalue weighted by Gasteiger charge is 2.46. The molecule has 0 spiro atoms. The lowest BCUT2D eigenvalue weighted by atomic mass is 9.33. The molecule has 0 N–H and O–H groups in total. The second-order valence-corrected chi connectivity index (χ2v) is 44.6. The Kier molecular flexibility index (Phi) is 17.5. The first kappa shape index (κ1) is 78.1. The summed E-state index contributed by atoms with van der Waals surface area (Å²) in [5.74, 6) is 0. The van der Waals surface area contributed by atoms with Crippen molar-refractivity contribution in [1.29, 1.82) is 0 Å². The highest BCUT2D eigenvalue weighted by Crippen LogP contribution is 2.53.